The summed E-state index contributed by atoms with van der Waals surface area (Å²) in [6.45, 7) is 7.61. The normalized spacial score (nSPS) is 17.1. The van der Waals surface area contributed by atoms with Crippen molar-refractivity contribution in [2.75, 3.05) is 26.2 Å². The van der Waals surface area contributed by atoms with Crippen LogP contribution in [-0.2, 0) is 0 Å². The number of carbonyl (C=O) groups is 1. The first-order valence-electron chi connectivity index (χ1n) is 6.62. The van der Waals surface area contributed by atoms with E-state index in [0.29, 0.717) is 17.4 Å². The predicted molar refractivity (Wildman–Crippen MR) is 68.4 cm³/mol. The number of aromatic nitrogens is 1. The molecule has 0 spiro atoms. The van der Waals surface area contributed by atoms with Crippen LogP contribution in [0.1, 0.15) is 36.0 Å². The zero-order valence-corrected chi connectivity index (χ0v) is 11.1. The summed E-state index contributed by atoms with van der Waals surface area (Å²) in [6, 6.07) is 0. The molecule has 2 heterocycles. The Kier molecular flexibility index (Phi) is 4.36. The third-order valence-electron chi connectivity index (χ3n) is 3.52. The van der Waals surface area contributed by atoms with E-state index in [-0.39, 0.29) is 5.91 Å². The number of aryl methyl sites for hydroxylation is 1. The zero-order chi connectivity index (χ0) is 13.0. The van der Waals surface area contributed by atoms with Gasteiger partial charge in [0.05, 0.1) is 5.69 Å². The summed E-state index contributed by atoms with van der Waals surface area (Å²) in [5.74, 6) is 1.05. The molecule has 5 nitrogen and oxygen atoms in total. The Morgan fingerprint density at radius 2 is 2.28 bits per heavy atom. The molecule has 1 aliphatic heterocycles. The number of likely N-dealkylation sites (tertiary alicyclic amines) is 1. The van der Waals surface area contributed by atoms with Crippen LogP contribution in [0.25, 0.3) is 0 Å². The number of nitrogens with one attached hydrogen (secondary N) is 1. The Labute approximate surface area is 108 Å². The van der Waals surface area contributed by atoms with Gasteiger partial charge < -0.3 is 14.6 Å². The summed E-state index contributed by atoms with van der Waals surface area (Å²) in [5.41, 5.74) is 0.676. The summed E-state index contributed by atoms with van der Waals surface area (Å²) in [6.07, 6.45) is 3.46. The molecular weight excluding hydrogens is 230 g/mol. The lowest BCUT2D eigenvalue weighted by molar-refractivity contribution is 0.0657. The van der Waals surface area contributed by atoms with E-state index in [4.69, 9.17) is 4.42 Å². The van der Waals surface area contributed by atoms with Crippen LogP contribution in [0.3, 0.4) is 0 Å². The number of hydrogen-bond acceptors (Lipinski definition) is 4. The number of amides is 1. The van der Waals surface area contributed by atoms with Crippen molar-refractivity contribution in [2.24, 2.45) is 5.92 Å². The first-order chi connectivity index (χ1) is 8.72. The van der Waals surface area contributed by atoms with Gasteiger partial charge in [0.15, 0.2) is 6.39 Å². The van der Waals surface area contributed by atoms with Crippen molar-refractivity contribution in [2.45, 2.75) is 26.7 Å². The van der Waals surface area contributed by atoms with Gasteiger partial charge in [0, 0.05) is 13.1 Å². The topological polar surface area (TPSA) is 58.4 Å². The second kappa shape index (κ2) is 6.00. The summed E-state index contributed by atoms with van der Waals surface area (Å²) in [7, 11) is 0. The molecule has 1 aromatic heterocycles. The second-order valence-corrected chi connectivity index (χ2v) is 4.81. The first-order valence-corrected chi connectivity index (χ1v) is 6.62. The van der Waals surface area contributed by atoms with Crippen LogP contribution >= 0.6 is 0 Å². The van der Waals surface area contributed by atoms with Crippen molar-refractivity contribution in [3.05, 3.63) is 17.8 Å². The summed E-state index contributed by atoms with van der Waals surface area (Å²) in [4.78, 5) is 18.0. The van der Waals surface area contributed by atoms with Gasteiger partial charge in [0.25, 0.3) is 5.91 Å². The zero-order valence-electron chi connectivity index (χ0n) is 11.1. The quantitative estimate of drug-likeness (QED) is 0.880. The maximum absolute atomic E-state index is 12.2. The molecule has 1 aromatic rings. The number of rotatable bonds is 4. The summed E-state index contributed by atoms with van der Waals surface area (Å²) >= 11 is 0. The monoisotopic (exact) mass is 251 g/mol. The van der Waals surface area contributed by atoms with Crippen LogP contribution < -0.4 is 5.32 Å². The molecule has 100 valence electrons. The molecule has 0 radical (unpaired) electrons. The van der Waals surface area contributed by atoms with Crippen molar-refractivity contribution in [3.63, 3.8) is 0 Å². The standard InChI is InChI=1S/C13H21N3O2/c1-3-14-8-11-4-6-16(7-5-11)13(17)12-10(2)15-9-18-12/h9,11,14H,3-8H2,1-2H3. The van der Waals surface area contributed by atoms with Gasteiger partial charge in [0.2, 0.25) is 5.76 Å². The molecule has 2 rings (SSSR count). The molecule has 0 aliphatic carbocycles. The Bertz CT molecular complexity index is 395. The van der Waals surface area contributed by atoms with Gasteiger partial charge in [-0.1, -0.05) is 6.92 Å². The predicted octanol–water partition coefficient (Wildman–Crippen LogP) is 1.44. The highest BCUT2D eigenvalue weighted by Crippen LogP contribution is 2.19. The molecule has 18 heavy (non-hydrogen) atoms. The Morgan fingerprint density at radius 3 is 2.83 bits per heavy atom. The van der Waals surface area contributed by atoms with Crippen LogP contribution in [0.5, 0.6) is 0 Å². The van der Waals surface area contributed by atoms with E-state index in [9.17, 15) is 4.79 Å². The van der Waals surface area contributed by atoms with Gasteiger partial charge in [-0.15, -0.1) is 0 Å². The van der Waals surface area contributed by atoms with E-state index < -0.39 is 0 Å². The molecule has 1 aliphatic rings. The van der Waals surface area contributed by atoms with Gasteiger partial charge in [-0.05, 0) is 38.8 Å². The van der Waals surface area contributed by atoms with Crippen molar-refractivity contribution in [3.8, 4) is 0 Å². The first kappa shape index (κ1) is 13.1. The van der Waals surface area contributed by atoms with Crippen LogP contribution in [0.15, 0.2) is 10.8 Å². The van der Waals surface area contributed by atoms with Crippen LogP contribution in [0, 0.1) is 12.8 Å². The van der Waals surface area contributed by atoms with Crippen molar-refractivity contribution < 1.29 is 9.21 Å². The number of oxazole rings is 1. The van der Waals surface area contributed by atoms with E-state index in [2.05, 4.69) is 17.2 Å². The lowest BCUT2D eigenvalue weighted by atomic mass is 9.96. The molecule has 1 fully saturated rings. The third-order valence-corrected chi connectivity index (χ3v) is 3.52. The maximum Gasteiger partial charge on any atom is 0.291 e. The lowest BCUT2D eigenvalue weighted by Crippen LogP contribution is -2.40. The van der Waals surface area contributed by atoms with Crippen molar-refractivity contribution in [1.29, 1.82) is 0 Å². The molecular formula is C13H21N3O2. The third kappa shape index (κ3) is 2.90. The molecule has 5 heteroatoms. The van der Waals surface area contributed by atoms with Gasteiger partial charge in [-0.25, -0.2) is 4.98 Å². The number of hydrogen-bond donors (Lipinski definition) is 1. The number of carbonyl (C=O) groups excluding carboxylic acids is 1. The average molecular weight is 251 g/mol. The molecule has 0 aromatic carbocycles. The van der Waals surface area contributed by atoms with Gasteiger partial charge >= 0.3 is 0 Å². The largest absolute Gasteiger partial charge is 0.438 e. The fraction of sp³-hybridized carbons (Fsp3) is 0.692. The minimum absolute atomic E-state index is 0.0214. The van der Waals surface area contributed by atoms with Gasteiger partial charge in [0.1, 0.15) is 0 Å². The lowest BCUT2D eigenvalue weighted by Gasteiger charge is -2.31. The summed E-state index contributed by atoms with van der Waals surface area (Å²) < 4.78 is 5.16. The Hall–Kier alpha value is -1.36. The minimum Gasteiger partial charge on any atom is -0.438 e. The highest BCUT2D eigenvalue weighted by Gasteiger charge is 2.26. The highest BCUT2D eigenvalue weighted by atomic mass is 16.3. The molecule has 1 amide bonds. The van der Waals surface area contributed by atoms with Gasteiger partial charge in [-0.3, -0.25) is 4.79 Å². The van der Waals surface area contributed by atoms with Gasteiger partial charge in [-0.2, -0.15) is 0 Å². The molecule has 1 N–H and O–H groups in total. The maximum atomic E-state index is 12.2. The fourth-order valence-corrected chi connectivity index (χ4v) is 2.34. The highest BCUT2D eigenvalue weighted by molar-refractivity contribution is 5.92. The molecule has 0 atom stereocenters. The molecule has 0 bridgehead atoms. The van der Waals surface area contributed by atoms with Crippen molar-refractivity contribution in [1.82, 2.24) is 15.2 Å². The van der Waals surface area contributed by atoms with Crippen LogP contribution in [0.4, 0.5) is 0 Å². The van der Waals surface area contributed by atoms with Crippen LogP contribution in [0.2, 0.25) is 0 Å². The van der Waals surface area contributed by atoms with E-state index in [1.54, 1.807) is 6.92 Å². The average Bonchev–Trinajstić information content (AvgIpc) is 2.82. The van der Waals surface area contributed by atoms with Crippen molar-refractivity contribution >= 4 is 5.91 Å². The molecule has 1 saturated heterocycles. The van der Waals surface area contributed by atoms with E-state index >= 15 is 0 Å². The van der Waals surface area contributed by atoms with E-state index in [0.717, 1.165) is 39.0 Å². The SMILES string of the molecule is CCNCC1CCN(C(=O)c2ocnc2C)CC1. The number of nitrogens with zero attached hydrogens (tertiary/aromatic N) is 2. The fourth-order valence-electron chi connectivity index (χ4n) is 2.34. The van der Waals surface area contributed by atoms with E-state index in [1.807, 2.05) is 4.90 Å². The Morgan fingerprint density at radius 1 is 1.56 bits per heavy atom. The summed E-state index contributed by atoms with van der Waals surface area (Å²) in [5, 5.41) is 3.37. The van der Waals surface area contributed by atoms with Crippen LogP contribution in [-0.4, -0.2) is 42.0 Å². The molecule has 0 saturated carbocycles. The number of piperidine rings is 1. The Balaban J connectivity index is 1.86. The second-order valence-electron chi connectivity index (χ2n) is 4.81. The molecule has 0 unspecified atom stereocenters. The minimum atomic E-state index is -0.0214. The smallest absolute Gasteiger partial charge is 0.291 e. The van der Waals surface area contributed by atoms with E-state index in [1.165, 1.54) is 6.39 Å².